The van der Waals surface area contributed by atoms with Gasteiger partial charge in [-0.3, -0.25) is 14.9 Å². The van der Waals surface area contributed by atoms with Crippen LogP contribution in [0, 0.1) is 10.1 Å². The minimum Gasteiger partial charge on any atom is -0.490 e. The van der Waals surface area contributed by atoms with Crippen LogP contribution in [0.15, 0.2) is 43.0 Å². The maximum Gasteiger partial charge on any atom is 0.416 e. The van der Waals surface area contributed by atoms with E-state index in [2.05, 4.69) is 6.58 Å². The van der Waals surface area contributed by atoms with Crippen LogP contribution in [0.2, 0.25) is 5.02 Å². The third kappa shape index (κ3) is 5.01. The van der Waals surface area contributed by atoms with Crippen molar-refractivity contribution in [3.8, 4) is 17.2 Å². The molecule has 0 radical (unpaired) electrons. The largest absolute Gasteiger partial charge is 0.490 e. The summed E-state index contributed by atoms with van der Waals surface area (Å²) in [6.45, 7) is 4.69. The Hall–Kier alpha value is -3.27. The Morgan fingerprint density at radius 2 is 1.97 bits per heavy atom. The van der Waals surface area contributed by atoms with Gasteiger partial charge in [0, 0.05) is 25.6 Å². The summed E-state index contributed by atoms with van der Waals surface area (Å²) >= 11 is 5.90. The maximum absolute atomic E-state index is 12.8. The fraction of sp³-hybridized carbons (Fsp3) is 0.211. The van der Waals surface area contributed by atoms with E-state index in [1.807, 2.05) is 0 Å². The maximum atomic E-state index is 12.8. The van der Waals surface area contributed by atoms with Gasteiger partial charge in [0.25, 0.3) is 0 Å². The lowest BCUT2D eigenvalue weighted by Crippen LogP contribution is -2.29. The highest BCUT2D eigenvalue weighted by molar-refractivity contribution is 6.32. The van der Waals surface area contributed by atoms with Gasteiger partial charge in [-0.25, -0.2) is 0 Å². The molecule has 2 aromatic rings. The molecule has 0 fully saturated rings. The van der Waals surface area contributed by atoms with E-state index < -0.39 is 28.3 Å². The number of hydrogen-bond acceptors (Lipinski definition) is 5. The van der Waals surface area contributed by atoms with Crippen molar-refractivity contribution in [2.24, 2.45) is 0 Å². The number of nitro benzene ring substituents is 1. The second-order valence-electron chi connectivity index (χ2n) is 5.91. The van der Waals surface area contributed by atoms with Crippen LogP contribution in [0.4, 0.5) is 24.5 Å². The molecule has 0 atom stereocenters. The van der Waals surface area contributed by atoms with Crippen LogP contribution in [0.3, 0.4) is 0 Å². The molecule has 2 aromatic carbocycles. The summed E-state index contributed by atoms with van der Waals surface area (Å²) in [5.41, 5.74) is -1.58. The number of carbonyl (C=O) groups excluding carboxylic acids is 1. The standard InChI is InChI=1S/C19H16ClF3N2O5/c1-4-7-24(11(2)26)15-9-13(10-17(29-3)18(15)25(27)28)30-16-6-5-12(8-14(16)20)19(21,22)23/h4-6,8-10H,1,7H2,2-3H3. The number of nitro groups is 1. The van der Waals surface area contributed by atoms with Gasteiger partial charge in [0.1, 0.15) is 17.2 Å². The van der Waals surface area contributed by atoms with E-state index in [0.29, 0.717) is 6.07 Å². The number of carbonyl (C=O) groups is 1. The first-order valence-corrected chi connectivity index (χ1v) is 8.67. The first-order chi connectivity index (χ1) is 14.0. The molecule has 0 saturated heterocycles. The van der Waals surface area contributed by atoms with Crippen LogP contribution < -0.4 is 14.4 Å². The minimum absolute atomic E-state index is 0.0376. The van der Waals surface area contributed by atoms with Gasteiger partial charge in [0.15, 0.2) is 0 Å². The van der Waals surface area contributed by atoms with Gasteiger partial charge >= 0.3 is 11.9 Å². The first kappa shape index (κ1) is 23.0. The summed E-state index contributed by atoms with van der Waals surface area (Å²) in [6.07, 6.45) is -3.21. The first-order valence-electron chi connectivity index (χ1n) is 8.29. The zero-order chi connectivity index (χ0) is 22.6. The number of halogens is 4. The molecule has 0 saturated carbocycles. The molecular weight excluding hydrogens is 429 g/mol. The average Bonchev–Trinajstić information content (AvgIpc) is 2.65. The number of methoxy groups -OCH3 is 1. The van der Waals surface area contributed by atoms with Gasteiger partial charge in [-0.05, 0) is 18.2 Å². The quantitative estimate of drug-likeness (QED) is 0.315. The molecule has 7 nitrogen and oxygen atoms in total. The van der Waals surface area contributed by atoms with Crippen molar-refractivity contribution < 1.29 is 32.4 Å². The van der Waals surface area contributed by atoms with Crippen LogP contribution >= 0.6 is 11.6 Å². The van der Waals surface area contributed by atoms with Crippen molar-refractivity contribution in [1.29, 1.82) is 0 Å². The van der Waals surface area contributed by atoms with E-state index in [1.54, 1.807) is 0 Å². The SMILES string of the molecule is C=CCN(C(C)=O)c1cc(Oc2ccc(C(F)(F)F)cc2Cl)cc(OC)c1[N+](=O)[O-]. The molecule has 0 unspecified atom stereocenters. The third-order valence-corrected chi connectivity index (χ3v) is 4.20. The normalized spacial score (nSPS) is 11.0. The predicted octanol–water partition coefficient (Wildman–Crippen LogP) is 5.61. The highest BCUT2D eigenvalue weighted by atomic mass is 35.5. The molecule has 30 heavy (non-hydrogen) atoms. The number of ether oxygens (including phenoxy) is 2. The lowest BCUT2D eigenvalue weighted by atomic mass is 10.2. The molecule has 0 spiro atoms. The van der Waals surface area contributed by atoms with Gasteiger partial charge in [0.05, 0.1) is 22.6 Å². The minimum atomic E-state index is -4.58. The number of rotatable bonds is 7. The number of benzene rings is 2. The van der Waals surface area contributed by atoms with Gasteiger partial charge in [-0.15, -0.1) is 6.58 Å². The van der Waals surface area contributed by atoms with E-state index in [-0.39, 0.29) is 34.5 Å². The van der Waals surface area contributed by atoms with Gasteiger partial charge in [-0.2, -0.15) is 13.2 Å². The van der Waals surface area contributed by atoms with E-state index >= 15 is 0 Å². The second-order valence-corrected chi connectivity index (χ2v) is 6.32. The van der Waals surface area contributed by atoms with E-state index in [1.165, 1.54) is 32.2 Å². The van der Waals surface area contributed by atoms with Gasteiger partial charge < -0.3 is 14.4 Å². The molecule has 0 aliphatic rings. The molecular formula is C19H16ClF3N2O5. The Labute approximate surface area is 174 Å². The smallest absolute Gasteiger partial charge is 0.416 e. The summed E-state index contributed by atoms with van der Waals surface area (Å²) in [4.78, 5) is 23.9. The summed E-state index contributed by atoms with van der Waals surface area (Å²) < 4.78 is 49.0. The summed E-state index contributed by atoms with van der Waals surface area (Å²) in [7, 11) is 1.19. The zero-order valence-electron chi connectivity index (χ0n) is 15.8. The number of nitrogens with zero attached hydrogens (tertiary/aromatic N) is 2. The number of amides is 1. The molecule has 160 valence electrons. The monoisotopic (exact) mass is 444 g/mol. The molecule has 2 rings (SSSR count). The molecule has 0 bridgehead atoms. The van der Waals surface area contributed by atoms with Crippen molar-refractivity contribution in [2.75, 3.05) is 18.6 Å². The second kappa shape index (κ2) is 9.04. The Morgan fingerprint density at radius 3 is 2.43 bits per heavy atom. The van der Waals surface area contributed by atoms with Crippen LogP contribution in [0.25, 0.3) is 0 Å². The molecule has 0 aliphatic carbocycles. The zero-order valence-corrected chi connectivity index (χ0v) is 16.6. The highest BCUT2D eigenvalue weighted by Crippen LogP contribution is 2.43. The van der Waals surface area contributed by atoms with Crippen LogP contribution in [-0.4, -0.2) is 24.5 Å². The molecule has 11 heteroatoms. The van der Waals surface area contributed by atoms with Crippen molar-refractivity contribution in [1.82, 2.24) is 0 Å². The predicted molar refractivity (Wildman–Crippen MR) is 104 cm³/mol. The topological polar surface area (TPSA) is 81.9 Å². The molecule has 0 aromatic heterocycles. The summed E-state index contributed by atoms with van der Waals surface area (Å²) in [6, 6.07) is 4.86. The Bertz CT molecular complexity index is 995. The van der Waals surface area contributed by atoms with Gasteiger partial charge in [0.2, 0.25) is 11.7 Å². The Kier molecular flexibility index (Phi) is 6.93. The Morgan fingerprint density at radius 1 is 1.30 bits per heavy atom. The Balaban J connectivity index is 2.59. The van der Waals surface area contributed by atoms with Crippen LogP contribution in [-0.2, 0) is 11.0 Å². The molecule has 1 amide bonds. The summed E-state index contributed by atoms with van der Waals surface area (Å²) in [5, 5.41) is 11.3. The van der Waals surface area contributed by atoms with Crippen molar-refractivity contribution in [3.63, 3.8) is 0 Å². The highest BCUT2D eigenvalue weighted by Gasteiger charge is 2.32. The van der Waals surface area contributed by atoms with E-state index in [4.69, 9.17) is 21.1 Å². The van der Waals surface area contributed by atoms with Crippen molar-refractivity contribution in [3.05, 3.63) is 63.7 Å². The molecule has 0 N–H and O–H groups in total. The molecule has 0 heterocycles. The van der Waals surface area contributed by atoms with Crippen LogP contribution in [0.1, 0.15) is 12.5 Å². The van der Waals surface area contributed by atoms with Gasteiger partial charge in [-0.1, -0.05) is 17.7 Å². The lowest BCUT2D eigenvalue weighted by Gasteiger charge is -2.21. The fourth-order valence-electron chi connectivity index (χ4n) is 2.58. The van der Waals surface area contributed by atoms with E-state index in [0.717, 1.165) is 17.0 Å². The number of hydrogen-bond donors (Lipinski definition) is 0. The van der Waals surface area contributed by atoms with Crippen LogP contribution in [0.5, 0.6) is 17.2 Å². The number of anilines is 1. The van der Waals surface area contributed by atoms with Crippen molar-refractivity contribution in [2.45, 2.75) is 13.1 Å². The van der Waals surface area contributed by atoms with Crippen molar-refractivity contribution >= 4 is 28.9 Å². The fourth-order valence-corrected chi connectivity index (χ4v) is 2.80. The summed E-state index contributed by atoms with van der Waals surface area (Å²) in [5.74, 6) is -0.885. The van der Waals surface area contributed by atoms with E-state index in [9.17, 15) is 28.1 Å². The number of alkyl halides is 3. The average molecular weight is 445 g/mol. The third-order valence-electron chi connectivity index (χ3n) is 3.90. The lowest BCUT2D eigenvalue weighted by molar-refractivity contribution is -0.385. The molecule has 0 aliphatic heterocycles.